The predicted octanol–water partition coefficient (Wildman–Crippen LogP) is 4.74. The van der Waals surface area contributed by atoms with Gasteiger partial charge in [0.15, 0.2) is 0 Å². The first-order chi connectivity index (χ1) is 13.0. The van der Waals surface area contributed by atoms with Crippen molar-refractivity contribution in [3.63, 3.8) is 0 Å². The monoisotopic (exact) mass is 402 g/mol. The average Bonchev–Trinajstić information content (AvgIpc) is 3.27. The van der Waals surface area contributed by atoms with Gasteiger partial charge in [0.25, 0.3) is 5.91 Å². The molecule has 1 aromatic heterocycles. The fraction of sp³-hybridized carbons (Fsp3) is 0.158. The first kappa shape index (κ1) is 18.0. The summed E-state index contributed by atoms with van der Waals surface area (Å²) >= 11 is 1.39. The van der Waals surface area contributed by atoms with E-state index in [1.165, 1.54) is 11.3 Å². The molecule has 0 unspecified atom stereocenters. The van der Waals surface area contributed by atoms with Gasteiger partial charge < -0.3 is 10.1 Å². The lowest BCUT2D eigenvalue weighted by Gasteiger charge is -2.27. The molecule has 27 heavy (non-hydrogen) atoms. The van der Waals surface area contributed by atoms with E-state index in [-0.39, 0.29) is 5.91 Å². The Balaban J connectivity index is 1.52. The number of nitrogens with zero attached hydrogens (tertiary/aromatic N) is 1. The number of methoxy groups -OCH3 is 1. The zero-order valence-corrected chi connectivity index (χ0v) is 16.1. The van der Waals surface area contributed by atoms with Gasteiger partial charge in [0, 0.05) is 22.4 Å². The fourth-order valence-electron chi connectivity index (χ4n) is 2.94. The van der Waals surface area contributed by atoms with Crippen LogP contribution in [0.1, 0.15) is 16.1 Å². The molecule has 0 radical (unpaired) electrons. The molecule has 0 fully saturated rings. The summed E-state index contributed by atoms with van der Waals surface area (Å²) in [5, 5.41) is 5.23. The number of nitrogens with one attached hydrogen (secondary N) is 1. The number of carbonyl (C=O) groups excluding carboxylic acids is 1. The highest BCUT2D eigenvalue weighted by molar-refractivity contribution is 8.24. The number of hydrogen-bond acceptors (Lipinski definition) is 6. The molecule has 2 heterocycles. The first-order valence-electron chi connectivity index (χ1n) is 8.26. The molecule has 3 aromatic rings. The van der Waals surface area contributed by atoms with Crippen molar-refractivity contribution < 1.29 is 18.6 Å². The molecule has 0 saturated carbocycles. The molecule has 1 aliphatic heterocycles. The molecule has 8 heteroatoms. The molecule has 140 valence electrons. The van der Waals surface area contributed by atoms with Crippen LogP contribution in [0.2, 0.25) is 0 Å². The van der Waals surface area contributed by atoms with Gasteiger partial charge in [0.1, 0.15) is 16.5 Å². The van der Waals surface area contributed by atoms with E-state index >= 15 is 0 Å². The van der Waals surface area contributed by atoms with E-state index < -0.39 is 10.6 Å². The van der Waals surface area contributed by atoms with Crippen LogP contribution in [-0.4, -0.2) is 32.9 Å². The van der Waals surface area contributed by atoms with Gasteiger partial charge in [-0.15, -0.1) is 11.3 Å². The van der Waals surface area contributed by atoms with Crippen molar-refractivity contribution in [3.8, 4) is 16.3 Å². The van der Waals surface area contributed by atoms with E-state index in [0.29, 0.717) is 28.5 Å². The summed E-state index contributed by atoms with van der Waals surface area (Å²) in [4.78, 5) is 17.4. The molecule has 2 aromatic carbocycles. The number of hydrogen-bond donors (Lipinski definition) is 3. The summed E-state index contributed by atoms with van der Waals surface area (Å²) in [6.45, 7) is 0. The van der Waals surface area contributed by atoms with Crippen LogP contribution < -0.4 is 10.1 Å². The Hall–Kier alpha value is -2.39. The van der Waals surface area contributed by atoms with Crippen molar-refractivity contribution >= 4 is 33.5 Å². The van der Waals surface area contributed by atoms with Gasteiger partial charge in [-0.1, -0.05) is 6.07 Å². The summed E-state index contributed by atoms with van der Waals surface area (Å²) < 4.78 is 25.3. The van der Waals surface area contributed by atoms with Crippen LogP contribution in [0.3, 0.4) is 0 Å². The van der Waals surface area contributed by atoms with Crippen LogP contribution in [0.25, 0.3) is 10.6 Å². The summed E-state index contributed by atoms with van der Waals surface area (Å²) in [7, 11) is -1.13. The zero-order chi connectivity index (χ0) is 19.0. The third kappa shape index (κ3) is 3.57. The minimum absolute atomic E-state index is 0.318. The van der Waals surface area contributed by atoms with Crippen molar-refractivity contribution in [3.05, 3.63) is 59.1 Å². The van der Waals surface area contributed by atoms with Crippen LogP contribution >= 0.6 is 21.9 Å². The highest BCUT2D eigenvalue weighted by Gasteiger charge is 2.27. The van der Waals surface area contributed by atoms with Crippen LogP contribution in [-0.2, 0) is 6.42 Å². The standard InChI is InChI=1S/C19H18N2O4S2/c1-25-15-6-3-13(4-7-15)19-21-16(11-26-19)18(22)20-14-5-2-12-8-9-27(23,24)17(12)10-14/h2-7,10-11,23-24H,8-9H2,1H3,(H,20,22). The van der Waals surface area contributed by atoms with E-state index in [1.807, 2.05) is 30.3 Å². The van der Waals surface area contributed by atoms with Crippen LogP contribution in [0, 0.1) is 0 Å². The Morgan fingerprint density at radius 2 is 2.00 bits per heavy atom. The van der Waals surface area contributed by atoms with Crippen molar-refractivity contribution in [1.29, 1.82) is 0 Å². The number of thiazole rings is 1. The van der Waals surface area contributed by atoms with Gasteiger partial charge in [-0.25, -0.2) is 4.98 Å². The summed E-state index contributed by atoms with van der Waals surface area (Å²) in [6, 6.07) is 12.7. The third-order valence-electron chi connectivity index (χ3n) is 4.41. The minimum atomic E-state index is -2.74. The molecular weight excluding hydrogens is 384 g/mol. The number of amides is 1. The maximum absolute atomic E-state index is 12.5. The quantitative estimate of drug-likeness (QED) is 0.586. The normalized spacial score (nSPS) is 15.8. The van der Waals surface area contributed by atoms with E-state index in [2.05, 4.69) is 10.3 Å². The van der Waals surface area contributed by atoms with Crippen molar-refractivity contribution in [2.24, 2.45) is 0 Å². The molecule has 3 N–H and O–H groups in total. The number of carbonyl (C=O) groups is 1. The molecule has 0 bridgehead atoms. The van der Waals surface area contributed by atoms with Gasteiger partial charge in [-0.2, -0.15) is 10.6 Å². The number of benzene rings is 2. The lowest BCUT2D eigenvalue weighted by atomic mass is 10.1. The Morgan fingerprint density at radius 1 is 1.22 bits per heavy atom. The predicted molar refractivity (Wildman–Crippen MR) is 108 cm³/mol. The lowest BCUT2D eigenvalue weighted by Crippen LogP contribution is -2.12. The molecular formula is C19H18N2O4S2. The molecule has 1 aliphatic rings. The van der Waals surface area contributed by atoms with Gasteiger partial charge in [0.05, 0.1) is 12.0 Å². The largest absolute Gasteiger partial charge is 0.497 e. The Morgan fingerprint density at radius 3 is 2.74 bits per heavy atom. The average molecular weight is 402 g/mol. The van der Waals surface area contributed by atoms with Crippen molar-refractivity contribution in [2.75, 3.05) is 18.2 Å². The summed E-state index contributed by atoms with van der Waals surface area (Å²) in [6.07, 6.45) is 0.642. The highest BCUT2D eigenvalue weighted by atomic mass is 32.3. The first-order valence-corrected chi connectivity index (χ1v) is 10.9. The van der Waals surface area contributed by atoms with Crippen LogP contribution in [0.5, 0.6) is 5.75 Å². The lowest BCUT2D eigenvalue weighted by molar-refractivity contribution is 0.102. The minimum Gasteiger partial charge on any atom is -0.497 e. The maximum Gasteiger partial charge on any atom is 0.275 e. The number of aryl methyl sites for hydroxylation is 1. The molecule has 0 aliphatic carbocycles. The van der Waals surface area contributed by atoms with Gasteiger partial charge >= 0.3 is 0 Å². The molecule has 6 nitrogen and oxygen atoms in total. The van der Waals surface area contributed by atoms with Gasteiger partial charge in [-0.3, -0.25) is 13.9 Å². The zero-order valence-electron chi connectivity index (χ0n) is 14.5. The van der Waals surface area contributed by atoms with Gasteiger partial charge in [0.2, 0.25) is 0 Å². The Kier molecular flexibility index (Phi) is 4.65. The molecule has 4 rings (SSSR count). The maximum atomic E-state index is 12.5. The number of fused-ring (bicyclic) bond motifs is 1. The number of rotatable bonds is 4. The Labute approximate surface area is 162 Å². The number of anilines is 1. The SMILES string of the molecule is COc1ccc(-c2nc(C(=O)Nc3ccc4c(c3)S(O)(O)CC4)cs2)cc1. The topological polar surface area (TPSA) is 91.7 Å². The molecule has 0 saturated heterocycles. The van der Waals surface area contributed by atoms with Crippen molar-refractivity contribution in [2.45, 2.75) is 11.3 Å². The Bertz CT molecular complexity index is 999. The third-order valence-corrected chi connectivity index (χ3v) is 7.16. The smallest absolute Gasteiger partial charge is 0.275 e. The second-order valence-electron chi connectivity index (χ2n) is 6.16. The second-order valence-corrected chi connectivity index (χ2v) is 9.20. The van der Waals surface area contributed by atoms with Gasteiger partial charge in [-0.05, 0) is 48.4 Å². The van der Waals surface area contributed by atoms with E-state index in [0.717, 1.165) is 21.9 Å². The van der Waals surface area contributed by atoms with E-state index in [1.54, 1.807) is 24.6 Å². The fourth-order valence-corrected chi connectivity index (χ4v) is 5.38. The van der Waals surface area contributed by atoms with Crippen molar-refractivity contribution in [1.82, 2.24) is 4.98 Å². The van der Waals surface area contributed by atoms with Crippen LogP contribution in [0.15, 0.2) is 52.7 Å². The highest BCUT2D eigenvalue weighted by Crippen LogP contribution is 2.55. The number of ether oxygens (including phenoxy) is 1. The van der Waals surface area contributed by atoms with E-state index in [9.17, 15) is 13.9 Å². The molecule has 0 atom stereocenters. The molecule has 1 amide bonds. The van der Waals surface area contributed by atoms with E-state index in [4.69, 9.17) is 4.74 Å². The molecule has 0 spiro atoms. The summed E-state index contributed by atoms with van der Waals surface area (Å²) in [5.74, 6) is 0.771. The van der Waals surface area contributed by atoms with Crippen LogP contribution in [0.4, 0.5) is 5.69 Å². The second kappa shape index (κ2) is 6.97. The summed E-state index contributed by atoms with van der Waals surface area (Å²) in [5.41, 5.74) is 2.67. The number of aromatic nitrogens is 1.